The SMILES string of the molecule is CC(=O)OC[C@H]1O[C@@H](Sc2ccc(N(C)C)cc2)[C@@H](OC(C)=O)[C@@H](OC(C)=O)[C@H]1OC(C)=O. The van der Waals surface area contributed by atoms with Crippen LogP contribution in [0.3, 0.4) is 0 Å². The summed E-state index contributed by atoms with van der Waals surface area (Å²) in [4.78, 5) is 49.7. The monoisotopic (exact) mass is 483 g/mol. The summed E-state index contributed by atoms with van der Waals surface area (Å²) in [5, 5.41) is 0. The van der Waals surface area contributed by atoms with E-state index in [9.17, 15) is 19.2 Å². The number of carbonyl (C=O) groups is 4. The van der Waals surface area contributed by atoms with Gasteiger partial charge in [-0.3, -0.25) is 19.2 Å². The standard InChI is InChI=1S/C22H29NO9S/c1-12(24)28-11-18-19(29-13(2)25)20(30-14(3)26)21(31-15(4)27)22(32-18)33-17-9-7-16(8-10-17)23(5)6/h7-10,18-22H,11H2,1-6H3/t18-,19+,20+,21+,22+/m1/s1. The minimum absolute atomic E-state index is 0.255. The second-order valence-electron chi connectivity index (χ2n) is 7.57. The fourth-order valence-corrected chi connectivity index (χ4v) is 4.34. The third-order valence-electron chi connectivity index (χ3n) is 4.55. The summed E-state index contributed by atoms with van der Waals surface area (Å²) in [6.45, 7) is 4.56. The maximum Gasteiger partial charge on any atom is 0.303 e. The Balaban J connectivity index is 2.42. The second-order valence-corrected chi connectivity index (χ2v) is 8.75. The van der Waals surface area contributed by atoms with Crippen molar-refractivity contribution >= 4 is 41.3 Å². The number of hydrogen-bond donors (Lipinski definition) is 0. The molecule has 0 saturated carbocycles. The molecular weight excluding hydrogens is 454 g/mol. The Morgan fingerprint density at radius 2 is 1.33 bits per heavy atom. The average Bonchev–Trinajstić information content (AvgIpc) is 2.70. The first-order valence-corrected chi connectivity index (χ1v) is 11.1. The lowest BCUT2D eigenvalue weighted by atomic mass is 9.99. The van der Waals surface area contributed by atoms with Crippen LogP contribution < -0.4 is 4.90 Å². The highest BCUT2D eigenvalue weighted by Gasteiger charge is 2.52. The largest absolute Gasteiger partial charge is 0.463 e. The van der Waals surface area contributed by atoms with Gasteiger partial charge in [0.05, 0.1) is 0 Å². The van der Waals surface area contributed by atoms with Crippen LogP contribution in [-0.4, -0.2) is 74.4 Å². The molecule has 11 heteroatoms. The molecule has 0 radical (unpaired) electrons. The molecule has 33 heavy (non-hydrogen) atoms. The van der Waals surface area contributed by atoms with Gasteiger partial charge in [-0.1, -0.05) is 11.8 Å². The van der Waals surface area contributed by atoms with Crippen molar-refractivity contribution in [1.82, 2.24) is 0 Å². The summed E-state index contributed by atoms with van der Waals surface area (Å²) in [6.07, 6.45) is -4.40. The lowest BCUT2D eigenvalue weighted by Gasteiger charge is -2.44. The van der Waals surface area contributed by atoms with Gasteiger partial charge >= 0.3 is 23.9 Å². The summed E-state index contributed by atoms with van der Waals surface area (Å²) in [5.74, 6) is -2.52. The van der Waals surface area contributed by atoms with Crippen LogP contribution in [0.15, 0.2) is 29.2 Å². The predicted molar refractivity (Wildman–Crippen MR) is 119 cm³/mol. The number of anilines is 1. The van der Waals surface area contributed by atoms with Crippen molar-refractivity contribution in [1.29, 1.82) is 0 Å². The van der Waals surface area contributed by atoms with E-state index >= 15 is 0 Å². The maximum absolute atomic E-state index is 11.9. The molecule has 5 atom stereocenters. The molecule has 0 bridgehead atoms. The van der Waals surface area contributed by atoms with Crippen molar-refractivity contribution in [2.24, 2.45) is 0 Å². The molecule has 1 aliphatic rings. The van der Waals surface area contributed by atoms with Gasteiger partial charge in [0.2, 0.25) is 0 Å². The van der Waals surface area contributed by atoms with Gasteiger partial charge in [-0.25, -0.2) is 0 Å². The molecule has 182 valence electrons. The lowest BCUT2D eigenvalue weighted by molar-refractivity contribution is -0.237. The summed E-state index contributed by atoms with van der Waals surface area (Å²) >= 11 is 1.23. The van der Waals surface area contributed by atoms with Crippen LogP contribution in [0.2, 0.25) is 0 Å². The van der Waals surface area contributed by atoms with Gasteiger partial charge in [0.15, 0.2) is 18.3 Å². The van der Waals surface area contributed by atoms with E-state index in [0.29, 0.717) is 0 Å². The summed E-state index contributed by atoms with van der Waals surface area (Å²) < 4.78 is 27.4. The zero-order valence-electron chi connectivity index (χ0n) is 19.4. The highest BCUT2D eigenvalue weighted by molar-refractivity contribution is 7.99. The lowest BCUT2D eigenvalue weighted by Crippen LogP contribution is -2.61. The van der Waals surface area contributed by atoms with E-state index in [4.69, 9.17) is 23.7 Å². The summed E-state index contributed by atoms with van der Waals surface area (Å²) in [6, 6.07) is 7.56. The van der Waals surface area contributed by atoms with E-state index in [2.05, 4.69) is 0 Å². The number of thioether (sulfide) groups is 1. The number of benzene rings is 1. The highest BCUT2D eigenvalue weighted by atomic mass is 32.2. The van der Waals surface area contributed by atoms with Crippen molar-refractivity contribution in [2.45, 2.75) is 62.4 Å². The van der Waals surface area contributed by atoms with Gasteiger partial charge in [0, 0.05) is 52.4 Å². The van der Waals surface area contributed by atoms with Crippen LogP contribution >= 0.6 is 11.8 Å². The molecule has 1 heterocycles. The van der Waals surface area contributed by atoms with E-state index < -0.39 is 53.7 Å². The summed E-state index contributed by atoms with van der Waals surface area (Å²) in [7, 11) is 3.84. The van der Waals surface area contributed by atoms with Gasteiger partial charge in [-0.15, -0.1) is 0 Å². The molecule has 0 spiro atoms. The predicted octanol–water partition coefficient (Wildman–Crippen LogP) is 1.93. The minimum Gasteiger partial charge on any atom is -0.463 e. The Labute approximate surface area is 196 Å². The Kier molecular flexibility index (Phi) is 9.54. The fraction of sp³-hybridized carbons (Fsp3) is 0.545. The number of nitrogens with zero attached hydrogens (tertiary/aromatic N) is 1. The van der Waals surface area contributed by atoms with Crippen LogP contribution in [0.25, 0.3) is 0 Å². The number of esters is 4. The van der Waals surface area contributed by atoms with E-state index in [1.807, 2.05) is 43.3 Å². The van der Waals surface area contributed by atoms with Crippen LogP contribution in [0.1, 0.15) is 27.7 Å². The Hall–Kier alpha value is -2.79. The van der Waals surface area contributed by atoms with E-state index in [1.165, 1.54) is 39.5 Å². The fourth-order valence-electron chi connectivity index (χ4n) is 3.24. The molecule has 10 nitrogen and oxygen atoms in total. The number of hydrogen-bond acceptors (Lipinski definition) is 11. The van der Waals surface area contributed by atoms with Crippen molar-refractivity contribution in [3.05, 3.63) is 24.3 Å². The number of rotatable bonds is 8. The van der Waals surface area contributed by atoms with Crippen LogP contribution in [0.5, 0.6) is 0 Å². The third kappa shape index (κ3) is 7.93. The van der Waals surface area contributed by atoms with Crippen molar-refractivity contribution in [3.63, 3.8) is 0 Å². The molecule has 0 aliphatic carbocycles. The van der Waals surface area contributed by atoms with Gasteiger partial charge in [0.25, 0.3) is 0 Å². The highest BCUT2D eigenvalue weighted by Crippen LogP contribution is 2.38. The topological polar surface area (TPSA) is 118 Å². The quantitative estimate of drug-likeness (QED) is 0.399. The average molecular weight is 484 g/mol. The van der Waals surface area contributed by atoms with Gasteiger partial charge in [-0.2, -0.15) is 0 Å². The molecule has 0 unspecified atom stereocenters. The Morgan fingerprint density at radius 1 is 0.818 bits per heavy atom. The molecule has 1 fully saturated rings. The smallest absolute Gasteiger partial charge is 0.303 e. The molecule has 1 aromatic rings. The minimum atomic E-state index is -1.18. The molecule has 0 N–H and O–H groups in total. The molecule has 1 aromatic carbocycles. The zero-order chi connectivity index (χ0) is 24.7. The van der Waals surface area contributed by atoms with Gasteiger partial charge in [-0.05, 0) is 24.3 Å². The Bertz CT molecular complexity index is 858. The molecular formula is C22H29NO9S. The van der Waals surface area contributed by atoms with Crippen molar-refractivity contribution in [2.75, 3.05) is 25.6 Å². The first-order valence-electron chi connectivity index (χ1n) is 10.2. The van der Waals surface area contributed by atoms with Gasteiger partial charge in [0.1, 0.15) is 18.1 Å². The molecule has 0 amide bonds. The van der Waals surface area contributed by atoms with Crippen LogP contribution in [0.4, 0.5) is 5.69 Å². The molecule has 1 aliphatic heterocycles. The molecule has 1 saturated heterocycles. The normalized spacial score (nSPS) is 24.4. The maximum atomic E-state index is 11.9. The van der Waals surface area contributed by atoms with Crippen molar-refractivity contribution < 1.29 is 42.9 Å². The van der Waals surface area contributed by atoms with Gasteiger partial charge < -0.3 is 28.6 Å². The first-order chi connectivity index (χ1) is 15.5. The zero-order valence-corrected chi connectivity index (χ0v) is 20.2. The van der Waals surface area contributed by atoms with Crippen LogP contribution in [-0.2, 0) is 42.9 Å². The Morgan fingerprint density at radius 3 is 1.82 bits per heavy atom. The third-order valence-corrected chi connectivity index (χ3v) is 5.71. The van der Waals surface area contributed by atoms with Crippen LogP contribution in [0, 0.1) is 0 Å². The molecule has 2 rings (SSSR count). The van der Waals surface area contributed by atoms with E-state index in [0.717, 1.165) is 10.6 Å². The first kappa shape index (κ1) is 26.5. The molecule has 0 aromatic heterocycles. The van der Waals surface area contributed by atoms with E-state index in [-0.39, 0.29) is 6.61 Å². The van der Waals surface area contributed by atoms with E-state index in [1.54, 1.807) is 0 Å². The number of carbonyl (C=O) groups excluding carboxylic acids is 4. The van der Waals surface area contributed by atoms with Crippen molar-refractivity contribution in [3.8, 4) is 0 Å². The second kappa shape index (κ2) is 11.9. The number of ether oxygens (including phenoxy) is 5. The summed E-state index contributed by atoms with van der Waals surface area (Å²) in [5.41, 5.74) is 0.136.